The van der Waals surface area contributed by atoms with E-state index in [2.05, 4.69) is 19.6 Å². The predicted molar refractivity (Wildman–Crippen MR) is 202 cm³/mol. The SMILES string of the molecule is CS(=O)(=O)N1CCc2c(c(-c3ccc(C(F)(F)F)c(SCCN4CCC(N5CCCCC5)CC4)c3)nn2CCCN2CCC(N3CCCC3=O)CC2)C1. The molecule has 0 atom stereocenters. The second kappa shape index (κ2) is 16.9. The summed E-state index contributed by atoms with van der Waals surface area (Å²) in [5.74, 6) is 0.843. The zero-order valence-electron chi connectivity index (χ0n) is 31.2. The number of hydrogen-bond donors (Lipinski definition) is 0. The van der Waals surface area contributed by atoms with Crippen molar-refractivity contribution in [3.63, 3.8) is 0 Å². The van der Waals surface area contributed by atoms with E-state index >= 15 is 0 Å². The summed E-state index contributed by atoms with van der Waals surface area (Å²) in [6.07, 6.45) is 7.78. The normalized spacial score (nSPS) is 22.6. The number of hydrogen-bond acceptors (Lipinski definition) is 8. The number of aryl methyl sites for hydroxylation is 1. The Kier molecular flexibility index (Phi) is 12.5. The molecule has 294 valence electrons. The number of fused-ring (bicyclic) bond motifs is 1. The van der Waals surface area contributed by atoms with Gasteiger partial charge >= 0.3 is 6.18 Å². The number of sulfonamides is 1. The second-order valence-electron chi connectivity index (χ2n) is 15.7. The lowest BCUT2D eigenvalue weighted by atomic mass is 10.00. The maximum atomic E-state index is 14.3. The molecule has 5 aliphatic rings. The fourth-order valence-corrected chi connectivity index (χ4v) is 11.1. The number of nitrogens with zero attached hydrogens (tertiary/aromatic N) is 7. The van der Waals surface area contributed by atoms with Crippen LogP contribution in [-0.2, 0) is 40.5 Å². The standard InChI is InChI=1S/C38H56F3N7O3S2/c1-53(50,51)46-24-14-34-32(28-46)37(42-48(34)19-6-15-43-22-12-31(13-23-43)47-18-5-7-36(47)49)29-8-9-33(38(39,40)41)35(27-29)52-26-25-44-20-10-30(11-21-44)45-16-3-2-4-17-45/h8-9,27,30-31H,2-7,10-26,28H2,1H3. The molecule has 4 fully saturated rings. The summed E-state index contributed by atoms with van der Waals surface area (Å²) in [4.78, 5) is 22.0. The summed E-state index contributed by atoms with van der Waals surface area (Å²) < 4.78 is 71.6. The highest BCUT2D eigenvalue weighted by molar-refractivity contribution is 7.99. The van der Waals surface area contributed by atoms with E-state index in [-0.39, 0.29) is 17.3 Å². The molecule has 0 saturated carbocycles. The van der Waals surface area contributed by atoms with Crippen molar-refractivity contribution >= 4 is 27.7 Å². The Morgan fingerprint density at radius 1 is 0.830 bits per heavy atom. The fraction of sp³-hybridized carbons (Fsp3) is 0.737. The third-order valence-corrected chi connectivity index (χ3v) is 14.5. The number of thioether (sulfide) groups is 1. The van der Waals surface area contributed by atoms with Gasteiger partial charge in [-0.2, -0.15) is 22.6 Å². The monoisotopic (exact) mass is 779 g/mol. The smallest absolute Gasteiger partial charge is 0.340 e. The van der Waals surface area contributed by atoms with Gasteiger partial charge in [0.15, 0.2) is 0 Å². The van der Waals surface area contributed by atoms with E-state index in [1.54, 1.807) is 6.07 Å². The van der Waals surface area contributed by atoms with E-state index in [0.717, 1.165) is 95.6 Å². The van der Waals surface area contributed by atoms with Gasteiger partial charge in [-0.15, -0.1) is 11.8 Å². The van der Waals surface area contributed by atoms with E-state index in [4.69, 9.17) is 5.10 Å². The number of rotatable bonds is 12. The number of piperidine rings is 3. The first-order valence-corrected chi connectivity index (χ1v) is 22.6. The highest BCUT2D eigenvalue weighted by Crippen LogP contribution is 2.40. The van der Waals surface area contributed by atoms with Crippen LogP contribution >= 0.6 is 11.8 Å². The summed E-state index contributed by atoms with van der Waals surface area (Å²) in [5.41, 5.74) is 2.27. The molecule has 5 aliphatic heterocycles. The summed E-state index contributed by atoms with van der Waals surface area (Å²) in [6.45, 7) is 9.88. The molecule has 6 heterocycles. The van der Waals surface area contributed by atoms with Crippen LogP contribution < -0.4 is 0 Å². The van der Waals surface area contributed by atoms with Crippen molar-refractivity contribution in [3.8, 4) is 11.3 Å². The van der Waals surface area contributed by atoms with Gasteiger partial charge in [0, 0.05) is 98.2 Å². The Hall–Kier alpha value is -2.17. The van der Waals surface area contributed by atoms with Crippen LogP contribution in [0.15, 0.2) is 23.1 Å². The van der Waals surface area contributed by atoms with Crippen LogP contribution in [0.2, 0.25) is 0 Å². The lowest BCUT2D eigenvalue weighted by molar-refractivity contribution is -0.139. The molecule has 10 nitrogen and oxygen atoms in total. The zero-order chi connectivity index (χ0) is 37.2. The molecular formula is C38H56F3N7O3S2. The number of aromatic nitrogens is 2. The van der Waals surface area contributed by atoms with Gasteiger partial charge in [-0.1, -0.05) is 12.5 Å². The number of halogens is 3. The average Bonchev–Trinajstić information content (AvgIpc) is 3.74. The van der Waals surface area contributed by atoms with Crippen LogP contribution in [-0.4, -0.2) is 138 Å². The Balaban J connectivity index is 1.02. The van der Waals surface area contributed by atoms with Crippen LogP contribution in [0.25, 0.3) is 11.3 Å². The Bertz CT molecular complexity index is 1680. The highest BCUT2D eigenvalue weighted by Gasteiger charge is 2.36. The van der Waals surface area contributed by atoms with Crippen LogP contribution in [0.1, 0.15) is 81.0 Å². The van der Waals surface area contributed by atoms with Gasteiger partial charge in [0.05, 0.1) is 17.5 Å². The summed E-state index contributed by atoms with van der Waals surface area (Å²) >= 11 is 1.25. The molecule has 15 heteroatoms. The maximum Gasteiger partial charge on any atom is 0.417 e. The molecule has 0 unspecified atom stereocenters. The molecule has 4 saturated heterocycles. The van der Waals surface area contributed by atoms with Crippen LogP contribution in [0, 0.1) is 0 Å². The average molecular weight is 780 g/mol. The van der Waals surface area contributed by atoms with Crippen molar-refractivity contribution in [2.75, 3.05) is 77.5 Å². The molecule has 0 aliphatic carbocycles. The largest absolute Gasteiger partial charge is 0.417 e. The first-order chi connectivity index (χ1) is 25.4. The number of amides is 1. The molecule has 7 rings (SSSR count). The second-order valence-corrected chi connectivity index (χ2v) is 18.8. The van der Waals surface area contributed by atoms with E-state index in [0.29, 0.717) is 55.0 Å². The van der Waals surface area contributed by atoms with Crippen LogP contribution in [0.5, 0.6) is 0 Å². The van der Waals surface area contributed by atoms with Gasteiger partial charge in [-0.25, -0.2) is 8.42 Å². The van der Waals surface area contributed by atoms with E-state index in [9.17, 15) is 26.4 Å². The minimum Gasteiger partial charge on any atom is -0.340 e. The van der Waals surface area contributed by atoms with Gasteiger partial charge in [0.1, 0.15) is 0 Å². The molecule has 2 aromatic rings. The van der Waals surface area contributed by atoms with Gasteiger partial charge in [0.25, 0.3) is 0 Å². The molecule has 1 aromatic heterocycles. The van der Waals surface area contributed by atoms with Crippen molar-refractivity contribution in [1.29, 1.82) is 0 Å². The minimum absolute atomic E-state index is 0.156. The molecular weight excluding hydrogens is 724 g/mol. The molecule has 0 bridgehead atoms. The lowest BCUT2D eigenvalue weighted by Gasteiger charge is -2.40. The lowest BCUT2D eigenvalue weighted by Crippen LogP contribution is -2.47. The van der Waals surface area contributed by atoms with Gasteiger partial charge in [0.2, 0.25) is 15.9 Å². The number of alkyl halides is 3. The fourth-order valence-electron chi connectivity index (χ4n) is 9.22. The predicted octanol–water partition coefficient (Wildman–Crippen LogP) is 5.41. The van der Waals surface area contributed by atoms with Crippen molar-refractivity contribution in [3.05, 3.63) is 35.0 Å². The van der Waals surface area contributed by atoms with Gasteiger partial charge < -0.3 is 19.6 Å². The maximum absolute atomic E-state index is 14.3. The Morgan fingerprint density at radius 3 is 2.19 bits per heavy atom. The Morgan fingerprint density at radius 2 is 1.53 bits per heavy atom. The first-order valence-electron chi connectivity index (χ1n) is 19.8. The molecule has 1 amide bonds. The van der Waals surface area contributed by atoms with Crippen molar-refractivity contribution in [2.45, 2.75) is 107 Å². The third-order valence-electron chi connectivity index (χ3n) is 12.2. The summed E-state index contributed by atoms with van der Waals surface area (Å²) in [5, 5.41) is 5.00. The molecule has 0 N–H and O–H groups in total. The summed E-state index contributed by atoms with van der Waals surface area (Å²) in [7, 11) is -3.47. The number of likely N-dealkylation sites (tertiary alicyclic amines) is 4. The number of carbonyl (C=O) groups excluding carboxylic acids is 1. The number of benzene rings is 1. The summed E-state index contributed by atoms with van der Waals surface area (Å²) in [6, 6.07) is 5.26. The zero-order valence-corrected chi connectivity index (χ0v) is 32.8. The van der Waals surface area contributed by atoms with E-state index < -0.39 is 21.8 Å². The first kappa shape index (κ1) is 39.1. The van der Waals surface area contributed by atoms with Crippen molar-refractivity contribution in [1.82, 2.24) is 33.7 Å². The molecule has 0 radical (unpaired) electrons. The third kappa shape index (κ3) is 9.45. The van der Waals surface area contributed by atoms with E-state index in [1.807, 2.05) is 4.68 Å². The van der Waals surface area contributed by atoms with Crippen molar-refractivity contribution < 1.29 is 26.4 Å². The van der Waals surface area contributed by atoms with Crippen LogP contribution in [0.4, 0.5) is 13.2 Å². The van der Waals surface area contributed by atoms with Crippen LogP contribution in [0.3, 0.4) is 0 Å². The molecule has 0 spiro atoms. The minimum atomic E-state index is -4.49. The molecule has 53 heavy (non-hydrogen) atoms. The molecule has 1 aromatic carbocycles. The van der Waals surface area contributed by atoms with Gasteiger partial charge in [-0.3, -0.25) is 9.48 Å². The van der Waals surface area contributed by atoms with E-state index in [1.165, 1.54) is 66.8 Å². The highest BCUT2D eigenvalue weighted by atomic mass is 32.2. The number of carbonyl (C=O) groups is 1. The quantitative estimate of drug-likeness (QED) is 0.265. The van der Waals surface area contributed by atoms with Gasteiger partial charge in [-0.05, 0) is 96.2 Å². The Labute approximate surface area is 317 Å². The van der Waals surface area contributed by atoms with Crippen molar-refractivity contribution in [2.24, 2.45) is 0 Å². The topological polar surface area (TPSA) is 85.2 Å².